The number of hydrogen-bond donors (Lipinski definition) is 0. The number of hydrogen-bond acceptors (Lipinski definition) is 0. The lowest BCUT2D eigenvalue weighted by Gasteiger charge is -2.04. The third-order valence-electron chi connectivity index (χ3n) is 7.01. The molecule has 2 nitrogen and oxygen atoms in total. The van der Waals surface area contributed by atoms with Crippen LogP contribution in [0, 0.1) is 6.92 Å². The summed E-state index contributed by atoms with van der Waals surface area (Å²) in [5.74, 6) is 1.44. The van der Waals surface area contributed by atoms with Crippen molar-refractivity contribution in [2.24, 2.45) is 0 Å². The fourth-order valence-electron chi connectivity index (χ4n) is 4.73. The Kier molecular flexibility index (Phi) is 19.2. The second-order valence-corrected chi connectivity index (χ2v) is 9.95. The predicted octanol–water partition coefficient (Wildman–Crippen LogP) is 9.32. The summed E-state index contributed by atoms with van der Waals surface area (Å²) in [5, 5.41) is 0. The fourth-order valence-corrected chi connectivity index (χ4v) is 4.73. The lowest BCUT2D eigenvalue weighted by molar-refractivity contribution is -0.702. The van der Waals surface area contributed by atoms with E-state index in [-0.39, 0.29) is 0 Å². The highest BCUT2D eigenvalue weighted by atomic mass is 15.1. The zero-order valence-corrected chi connectivity index (χ0v) is 21.8. The molecular formula is C29H57N2+. The standard InChI is InChI=1S/C29H57N2/c1-4-6-8-10-12-13-14-15-16-17-18-19-20-22-24-26-31-28-27-30(29(31)3)25-23-21-11-9-7-5-2/h27-28H,4-26H2,1-3H3/q+1. The third kappa shape index (κ3) is 15.6. The zero-order chi connectivity index (χ0) is 22.4. The molecule has 0 atom stereocenters. The van der Waals surface area contributed by atoms with Gasteiger partial charge < -0.3 is 0 Å². The van der Waals surface area contributed by atoms with Crippen molar-refractivity contribution in [2.75, 3.05) is 0 Å². The molecule has 0 bridgehead atoms. The normalized spacial score (nSPS) is 11.5. The predicted molar refractivity (Wildman–Crippen MR) is 138 cm³/mol. The van der Waals surface area contributed by atoms with E-state index in [1.54, 1.807) is 0 Å². The van der Waals surface area contributed by atoms with E-state index in [2.05, 4.69) is 42.3 Å². The molecule has 0 aliphatic carbocycles. The molecule has 0 unspecified atom stereocenters. The highest BCUT2D eigenvalue weighted by Crippen LogP contribution is 2.13. The molecule has 0 fully saturated rings. The first-order chi connectivity index (χ1) is 15.3. The molecule has 1 rings (SSSR count). The van der Waals surface area contributed by atoms with Gasteiger partial charge in [0.15, 0.2) is 0 Å². The van der Waals surface area contributed by atoms with Crippen LogP contribution >= 0.6 is 0 Å². The molecule has 1 aromatic rings. The van der Waals surface area contributed by atoms with Gasteiger partial charge in [0.25, 0.3) is 5.82 Å². The first-order valence-electron chi connectivity index (χ1n) is 14.3. The van der Waals surface area contributed by atoms with Gasteiger partial charge in [-0.05, 0) is 25.7 Å². The van der Waals surface area contributed by atoms with Crippen LogP contribution in [0.4, 0.5) is 0 Å². The molecule has 0 saturated carbocycles. The first kappa shape index (κ1) is 28.2. The summed E-state index contributed by atoms with van der Waals surface area (Å²) in [5.41, 5.74) is 0. The molecule has 0 aliphatic heterocycles. The first-order valence-corrected chi connectivity index (χ1v) is 14.3. The Morgan fingerprint density at radius 1 is 0.548 bits per heavy atom. The van der Waals surface area contributed by atoms with Crippen molar-refractivity contribution in [3.8, 4) is 0 Å². The Bertz CT molecular complexity index is 491. The van der Waals surface area contributed by atoms with Gasteiger partial charge in [0.05, 0.1) is 13.1 Å². The topological polar surface area (TPSA) is 8.81 Å². The van der Waals surface area contributed by atoms with E-state index in [1.807, 2.05) is 0 Å². The van der Waals surface area contributed by atoms with Gasteiger partial charge in [0.1, 0.15) is 12.4 Å². The van der Waals surface area contributed by atoms with Crippen molar-refractivity contribution in [3.05, 3.63) is 18.2 Å². The molecule has 0 radical (unpaired) electrons. The quantitative estimate of drug-likeness (QED) is 0.120. The minimum absolute atomic E-state index is 1.20. The molecule has 1 aromatic heterocycles. The van der Waals surface area contributed by atoms with Crippen molar-refractivity contribution >= 4 is 0 Å². The number of imidazole rings is 1. The zero-order valence-electron chi connectivity index (χ0n) is 21.8. The van der Waals surface area contributed by atoms with Crippen LogP contribution < -0.4 is 4.57 Å². The largest absolute Gasteiger partial charge is 0.253 e. The third-order valence-corrected chi connectivity index (χ3v) is 7.01. The molecule has 31 heavy (non-hydrogen) atoms. The Morgan fingerprint density at radius 3 is 1.39 bits per heavy atom. The van der Waals surface area contributed by atoms with E-state index in [0.717, 1.165) is 0 Å². The fraction of sp³-hybridized carbons (Fsp3) is 0.897. The number of aryl methyl sites for hydroxylation is 2. The molecule has 0 amide bonds. The van der Waals surface area contributed by atoms with E-state index >= 15 is 0 Å². The van der Waals surface area contributed by atoms with Gasteiger partial charge in [-0.2, -0.15) is 0 Å². The van der Waals surface area contributed by atoms with Gasteiger partial charge in [0.2, 0.25) is 0 Å². The average molecular weight is 434 g/mol. The monoisotopic (exact) mass is 433 g/mol. The average Bonchev–Trinajstić information content (AvgIpc) is 3.12. The van der Waals surface area contributed by atoms with E-state index in [4.69, 9.17) is 0 Å². The smallest absolute Gasteiger partial charge is 0.234 e. The highest BCUT2D eigenvalue weighted by Gasteiger charge is 2.11. The molecule has 0 spiro atoms. The molecule has 0 saturated heterocycles. The van der Waals surface area contributed by atoms with Gasteiger partial charge >= 0.3 is 0 Å². The van der Waals surface area contributed by atoms with Crippen LogP contribution in [-0.4, -0.2) is 4.57 Å². The van der Waals surface area contributed by atoms with Crippen molar-refractivity contribution in [2.45, 2.75) is 169 Å². The minimum Gasteiger partial charge on any atom is -0.234 e. The molecule has 2 heteroatoms. The van der Waals surface area contributed by atoms with Gasteiger partial charge in [-0.25, -0.2) is 9.13 Å². The maximum Gasteiger partial charge on any atom is 0.253 e. The summed E-state index contributed by atoms with van der Waals surface area (Å²) >= 11 is 0. The Labute approximate surface area is 196 Å². The van der Waals surface area contributed by atoms with E-state index in [1.165, 1.54) is 154 Å². The number of aromatic nitrogens is 2. The molecule has 182 valence electrons. The van der Waals surface area contributed by atoms with E-state index in [9.17, 15) is 0 Å². The second kappa shape index (κ2) is 21.1. The summed E-state index contributed by atoms with van der Waals surface area (Å²) in [7, 11) is 0. The van der Waals surface area contributed by atoms with Crippen LogP contribution in [0.1, 0.15) is 155 Å². The van der Waals surface area contributed by atoms with Gasteiger partial charge in [-0.1, -0.05) is 123 Å². The second-order valence-electron chi connectivity index (χ2n) is 9.95. The highest BCUT2D eigenvalue weighted by molar-refractivity contribution is 4.79. The van der Waals surface area contributed by atoms with Crippen LogP contribution in [0.15, 0.2) is 12.4 Å². The molecule has 0 aliphatic rings. The van der Waals surface area contributed by atoms with Crippen molar-refractivity contribution in [3.63, 3.8) is 0 Å². The number of unbranched alkanes of at least 4 members (excludes halogenated alkanes) is 19. The summed E-state index contributed by atoms with van der Waals surface area (Å²) in [6.45, 7) is 9.29. The summed E-state index contributed by atoms with van der Waals surface area (Å²) in [6, 6.07) is 0. The van der Waals surface area contributed by atoms with Crippen LogP contribution in [-0.2, 0) is 13.1 Å². The van der Waals surface area contributed by atoms with Crippen LogP contribution in [0.3, 0.4) is 0 Å². The van der Waals surface area contributed by atoms with E-state index in [0.29, 0.717) is 0 Å². The Hall–Kier alpha value is -0.790. The summed E-state index contributed by atoms with van der Waals surface area (Å²) in [4.78, 5) is 0. The van der Waals surface area contributed by atoms with E-state index < -0.39 is 0 Å². The molecule has 0 aromatic carbocycles. The number of nitrogens with zero attached hydrogens (tertiary/aromatic N) is 2. The van der Waals surface area contributed by atoms with Gasteiger partial charge in [0, 0.05) is 6.92 Å². The lowest BCUT2D eigenvalue weighted by atomic mass is 10.0. The van der Waals surface area contributed by atoms with Crippen molar-refractivity contribution in [1.82, 2.24) is 4.57 Å². The van der Waals surface area contributed by atoms with Crippen molar-refractivity contribution < 1.29 is 4.57 Å². The lowest BCUT2D eigenvalue weighted by Crippen LogP contribution is -2.35. The number of rotatable bonds is 23. The van der Waals surface area contributed by atoms with Crippen LogP contribution in [0.25, 0.3) is 0 Å². The van der Waals surface area contributed by atoms with Crippen LogP contribution in [0.2, 0.25) is 0 Å². The van der Waals surface area contributed by atoms with Crippen molar-refractivity contribution in [1.29, 1.82) is 0 Å². The molecular weight excluding hydrogens is 376 g/mol. The Balaban J connectivity index is 1.90. The maximum absolute atomic E-state index is 2.47. The summed E-state index contributed by atoms with van der Waals surface area (Å²) < 4.78 is 4.93. The SMILES string of the molecule is CCCCCCCCCCCCCCCCC[n+]1ccn(CCCCCCCC)c1C. The minimum atomic E-state index is 1.20. The Morgan fingerprint density at radius 2 is 0.935 bits per heavy atom. The molecule has 1 heterocycles. The van der Waals surface area contributed by atoms with Gasteiger partial charge in [-0.3, -0.25) is 0 Å². The van der Waals surface area contributed by atoms with Gasteiger partial charge in [-0.15, -0.1) is 0 Å². The molecule has 0 N–H and O–H groups in total. The summed E-state index contributed by atoms with van der Waals surface area (Å²) in [6.07, 6.45) is 34.5. The van der Waals surface area contributed by atoms with Crippen LogP contribution in [0.5, 0.6) is 0 Å². The maximum atomic E-state index is 2.47.